The molecule has 4 rings (SSSR count). The molecule has 8 nitrogen and oxygen atoms in total. The fourth-order valence-electron chi connectivity index (χ4n) is 2.85. The zero-order valence-electron chi connectivity index (χ0n) is 16.7. The number of rotatable bonds is 6. The molecule has 1 unspecified atom stereocenters. The molecule has 2 N–H and O–H groups in total. The predicted molar refractivity (Wildman–Crippen MR) is 112 cm³/mol. The highest BCUT2D eigenvalue weighted by atomic mass is 35.5. The van der Waals surface area contributed by atoms with E-state index in [-0.39, 0.29) is 28.6 Å². The second-order valence-electron chi connectivity index (χ2n) is 7.26. The van der Waals surface area contributed by atoms with Crippen LogP contribution in [0.1, 0.15) is 25.5 Å². The molecule has 0 radical (unpaired) electrons. The lowest BCUT2D eigenvalue weighted by atomic mass is 10.1. The van der Waals surface area contributed by atoms with Crippen molar-refractivity contribution < 1.29 is 13.2 Å². The van der Waals surface area contributed by atoms with Crippen molar-refractivity contribution in [2.45, 2.75) is 37.5 Å². The minimum Gasteiger partial charge on any atom is -0.343 e. The Morgan fingerprint density at radius 3 is 2.53 bits per heavy atom. The van der Waals surface area contributed by atoms with Gasteiger partial charge in [-0.3, -0.25) is 4.98 Å². The van der Waals surface area contributed by atoms with E-state index in [0.717, 1.165) is 19.8 Å². The predicted octanol–water partition coefficient (Wildman–Crippen LogP) is 5.00. The number of hydrogen-bond donors (Lipinski definition) is 2. The maximum absolute atomic E-state index is 13.0. The van der Waals surface area contributed by atoms with Crippen LogP contribution in [0.5, 0.6) is 0 Å². The van der Waals surface area contributed by atoms with Crippen molar-refractivity contribution >= 4 is 29.2 Å². The molecule has 1 aliphatic carbocycles. The lowest BCUT2D eigenvalue weighted by Gasteiger charge is -2.18. The summed E-state index contributed by atoms with van der Waals surface area (Å²) in [4.78, 5) is 24.5. The Kier molecular flexibility index (Phi) is 5.56. The Morgan fingerprint density at radius 2 is 1.88 bits per heavy atom. The lowest BCUT2D eigenvalue weighted by molar-refractivity contribution is -0.138. The summed E-state index contributed by atoms with van der Waals surface area (Å²) in [6.07, 6.45) is -1.49. The minimum absolute atomic E-state index is 0.00143. The van der Waals surface area contributed by atoms with Gasteiger partial charge in [0.15, 0.2) is 5.82 Å². The summed E-state index contributed by atoms with van der Waals surface area (Å²) < 4.78 is 39.1. The molecule has 3 aromatic heterocycles. The second kappa shape index (κ2) is 8.20. The van der Waals surface area contributed by atoms with Crippen LogP contribution < -0.4 is 10.6 Å². The van der Waals surface area contributed by atoms with E-state index < -0.39 is 17.8 Å². The monoisotopic (exact) mass is 460 g/mol. The van der Waals surface area contributed by atoms with Gasteiger partial charge in [-0.25, -0.2) is 11.6 Å². The first-order valence-electron chi connectivity index (χ1n) is 9.53. The smallest absolute Gasteiger partial charge is 0.343 e. The van der Waals surface area contributed by atoms with E-state index in [9.17, 15) is 13.2 Å². The van der Waals surface area contributed by atoms with Gasteiger partial charge in [0.2, 0.25) is 11.9 Å². The number of halogens is 4. The summed E-state index contributed by atoms with van der Waals surface area (Å²) in [5, 5.41) is 5.39. The van der Waals surface area contributed by atoms with E-state index in [1.165, 1.54) is 0 Å². The van der Waals surface area contributed by atoms with Gasteiger partial charge in [0.1, 0.15) is 22.6 Å². The van der Waals surface area contributed by atoms with Crippen LogP contribution in [0.3, 0.4) is 0 Å². The molecule has 12 heteroatoms. The molecular weight excluding hydrogens is 445 g/mol. The van der Waals surface area contributed by atoms with Crippen molar-refractivity contribution in [2.24, 2.45) is 0 Å². The van der Waals surface area contributed by atoms with E-state index in [1.807, 2.05) is 0 Å². The molecule has 0 spiro atoms. The average Bonchev–Trinajstić information content (AvgIpc) is 3.54. The van der Waals surface area contributed by atoms with E-state index in [2.05, 4.69) is 40.4 Å². The highest BCUT2D eigenvalue weighted by molar-refractivity contribution is 6.29. The van der Waals surface area contributed by atoms with Gasteiger partial charge in [-0.15, -0.1) is 0 Å². The molecule has 1 fully saturated rings. The molecule has 3 heterocycles. The fraction of sp³-hybridized carbons (Fsp3) is 0.300. The number of pyridine rings is 2. The van der Waals surface area contributed by atoms with E-state index in [0.29, 0.717) is 11.4 Å². The molecule has 164 valence electrons. The maximum Gasteiger partial charge on any atom is 0.408 e. The number of anilines is 3. The summed E-state index contributed by atoms with van der Waals surface area (Å²) >= 11 is 5.93. The third kappa shape index (κ3) is 4.70. The van der Waals surface area contributed by atoms with E-state index in [4.69, 9.17) is 18.2 Å². The van der Waals surface area contributed by atoms with Gasteiger partial charge in [0, 0.05) is 24.7 Å². The summed E-state index contributed by atoms with van der Waals surface area (Å²) in [6, 6.07) is 6.23. The Morgan fingerprint density at radius 1 is 1.12 bits per heavy atom. The Labute approximate surface area is 186 Å². The van der Waals surface area contributed by atoms with Crippen molar-refractivity contribution in [3.8, 4) is 11.5 Å². The molecule has 0 saturated heterocycles. The van der Waals surface area contributed by atoms with E-state index >= 15 is 0 Å². The third-order valence-electron chi connectivity index (χ3n) is 4.85. The van der Waals surface area contributed by atoms with Crippen LogP contribution in [-0.2, 0) is 5.54 Å². The fourth-order valence-corrected chi connectivity index (χ4v) is 3.02. The zero-order valence-corrected chi connectivity index (χ0v) is 17.4. The Balaban J connectivity index is 1.69. The van der Waals surface area contributed by atoms with Crippen LogP contribution >= 0.6 is 11.6 Å². The lowest BCUT2D eigenvalue weighted by Crippen LogP contribution is -2.34. The van der Waals surface area contributed by atoms with Crippen LogP contribution in [0.25, 0.3) is 16.4 Å². The van der Waals surface area contributed by atoms with Crippen LogP contribution in [0.4, 0.5) is 30.8 Å². The molecule has 1 saturated carbocycles. The summed E-state index contributed by atoms with van der Waals surface area (Å²) in [5.41, 5.74) is 0.816. The van der Waals surface area contributed by atoms with Crippen molar-refractivity contribution in [3.05, 3.63) is 58.8 Å². The van der Waals surface area contributed by atoms with Gasteiger partial charge in [-0.2, -0.15) is 28.1 Å². The van der Waals surface area contributed by atoms with Crippen LogP contribution in [0.15, 0.2) is 36.5 Å². The van der Waals surface area contributed by atoms with Gasteiger partial charge < -0.3 is 15.5 Å². The maximum atomic E-state index is 13.0. The highest BCUT2D eigenvalue weighted by Crippen LogP contribution is 2.49. The van der Waals surface area contributed by atoms with Crippen molar-refractivity contribution in [2.75, 3.05) is 10.6 Å². The molecule has 3 aromatic rings. The molecule has 0 aliphatic heterocycles. The topological polar surface area (TPSA) is 92.9 Å². The number of alkyl halides is 3. The molecule has 1 aliphatic rings. The highest BCUT2D eigenvalue weighted by Gasteiger charge is 2.54. The van der Waals surface area contributed by atoms with Crippen LogP contribution in [0.2, 0.25) is 5.15 Å². The van der Waals surface area contributed by atoms with E-state index in [1.54, 1.807) is 36.5 Å². The summed E-state index contributed by atoms with van der Waals surface area (Å²) in [5.74, 6) is -0.243. The molecular formula is C20H16ClF3N8. The Bertz CT molecular complexity index is 1190. The first-order chi connectivity index (χ1) is 15.2. The molecule has 32 heavy (non-hydrogen) atoms. The number of nitrogens with one attached hydrogen (secondary N) is 2. The SMILES string of the molecule is [C-]#[N+]C1(c2cc(Nc3nc(NC(C)C(F)(F)F)nc(-c4cccc(Cl)n4)n3)ccn2)CC1. The van der Waals surface area contributed by atoms with Crippen molar-refractivity contribution in [1.82, 2.24) is 24.9 Å². The average molecular weight is 461 g/mol. The van der Waals surface area contributed by atoms with Gasteiger partial charge in [0.25, 0.3) is 5.54 Å². The first kappa shape index (κ1) is 21.7. The summed E-state index contributed by atoms with van der Waals surface area (Å²) in [7, 11) is 0. The molecule has 0 aromatic carbocycles. The quantitative estimate of drug-likeness (QED) is 0.395. The third-order valence-corrected chi connectivity index (χ3v) is 5.06. The number of nitrogens with zero attached hydrogens (tertiary/aromatic N) is 6. The van der Waals surface area contributed by atoms with Gasteiger partial charge >= 0.3 is 6.18 Å². The summed E-state index contributed by atoms with van der Waals surface area (Å²) in [6.45, 7) is 8.36. The standard InChI is InChI=1S/C20H16ClF3N8/c1-11(20(22,23)24)27-17-30-16(13-4-3-5-15(21)29-13)31-18(32-17)28-12-6-9-26-14(10-12)19(25-2)7-8-19/h3-6,9-11H,7-8H2,1H3,(H2,26,27,28,30,31,32). The van der Waals surface area contributed by atoms with Gasteiger partial charge in [0.05, 0.1) is 0 Å². The minimum atomic E-state index is -4.49. The van der Waals surface area contributed by atoms with Crippen molar-refractivity contribution in [3.63, 3.8) is 0 Å². The second-order valence-corrected chi connectivity index (χ2v) is 7.64. The molecule has 1 atom stereocenters. The normalized spacial score (nSPS) is 15.5. The zero-order chi connectivity index (χ0) is 22.9. The van der Waals surface area contributed by atoms with Crippen LogP contribution in [-0.4, -0.2) is 37.1 Å². The molecule has 0 amide bonds. The molecule has 0 bridgehead atoms. The number of aromatic nitrogens is 5. The van der Waals surface area contributed by atoms with Crippen LogP contribution in [0, 0.1) is 6.57 Å². The Hall–Kier alpha value is -3.52. The van der Waals surface area contributed by atoms with Gasteiger partial charge in [-0.1, -0.05) is 17.7 Å². The number of hydrogen-bond acceptors (Lipinski definition) is 7. The largest absolute Gasteiger partial charge is 0.408 e. The van der Waals surface area contributed by atoms with Gasteiger partial charge in [-0.05, 0) is 31.2 Å². The first-order valence-corrected chi connectivity index (χ1v) is 9.91. The van der Waals surface area contributed by atoms with Crippen molar-refractivity contribution in [1.29, 1.82) is 0 Å².